The van der Waals surface area contributed by atoms with Gasteiger partial charge in [0.1, 0.15) is 12.7 Å². The Morgan fingerprint density at radius 2 is 2.00 bits per heavy atom. The third-order valence-electron chi connectivity index (χ3n) is 1.70. The van der Waals surface area contributed by atoms with Gasteiger partial charge in [0, 0.05) is 12.6 Å². The van der Waals surface area contributed by atoms with Crippen LogP contribution in [0.1, 0.15) is 20.8 Å². The van der Waals surface area contributed by atoms with Crippen molar-refractivity contribution in [2.45, 2.75) is 32.4 Å². The van der Waals surface area contributed by atoms with Crippen LogP contribution in [0.3, 0.4) is 0 Å². The van der Waals surface area contributed by atoms with E-state index >= 15 is 0 Å². The predicted molar refractivity (Wildman–Crippen MR) is 62.9 cm³/mol. The fourth-order valence-electron chi connectivity index (χ4n) is 1.03. The van der Waals surface area contributed by atoms with E-state index in [-0.39, 0.29) is 31.5 Å². The molecule has 0 saturated heterocycles. The van der Waals surface area contributed by atoms with Gasteiger partial charge in [0.25, 0.3) is 0 Å². The summed E-state index contributed by atoms with van der Waals surface area (Å²) in [6.45, 7) is 6.16. The summed E-state index contributed by atoms with van der Waals surface area (Å²) in [5.41, 5.74) is -0.318. The van der Waals surface area contributed by atoms with Gasteiger partial charge >= 0.3 is 6.09 Å². The Morgan fingerprint density at radius 1 is 1.35 bits per heavy atom. The summed E-state index contributed by atoms with van der Waals surface area (Å²) in [6, 6.07) is 0. The molecule has 17 heavy (non-hydrogen) atoms. The Labute approximate surface area is 102 Å². The maximum atomic E-state index is 11.2. The molecule has 0 rings (SSSR count). The average molecular weight is 249 g/mol. The van der Waals surface area contributed by atoms with Crippen molar-refractivity contribution < 1.29 is 24.1 Å². The summed E-state index contributed by atoms with van der Waals surface area (Å²) >= 11 is 0. The second-order valence-electron chi connectivity index (χ2n) is 4.64. The van der Waals surface area contributed by atoms with Gasteiger partial charge in [0.2, 0.25) is 0 Å². The number of aliphatic hydroxyl groups excluding tert-OH is 1. The van der Waals surface area contributed by atoms with E-state index in [1.54, 1.807) is 0 Å². The summed E-state index contributed by atoms with van der Waals surface area (Å²) in [4.78, 5) is 11.2. The molecule has 102 valence electrons. The van der Waals surface area contributed by atoms with Gasteiger partial charge < -0.3 is 24.6 Å². The average Bonchev–Trinajstić information content (AvgIpc) is 2.20. The summed E-state index contributed by atoms with van der Waals surface area (Å²) < 4.78 is 15.0. The highest BCUT2D eigenvalue weighted by molar-refractivity contribution is 5.67. The van der Waals surface area contributed by atoms with E-state index in [0.717, 1.165) is 0 Å². The molecule has 0 aromatic heterocycles. The zero-order valence-electron chi connectivity index (χ0n) is 11.0. The monoisotopic (exact) mass is 249 g/mol. The van der Waals surface area contributed by atoms with Crippen LogP contribution < -0.4 is 5.32 Å². The largest absolute Gasteiger partial charge is 0.447 e. The molecule has 0 spiro atoms. The number of amides is 1. The van der Waals surface area contributed by atoms with E-state index < -0.39 is 6.09 Å². The zero-order chi connectivity index (χ0) is 13.3. The van der Waals surface area contributed by atoms with Crippen LogP contribution in [0.15, 0.2) is 0 Å². The van der Waals surface area contributed by atoms with Crippen LogP contribution in [0.2, 0.25) is 0 Å². The van der Waals surface area contributed by atoms with Crippen LogP contribution in [0.4, 0.5) is 4.79 Å². The van der Waals surface area contributed by atoms with Crippen molar-refractivity contribution in [1.82, 2.24) is 5.32 Å². The molecule has 0 aliphatic rings. The van der Waals surface area contributed by atoms with Crippen LogP contribution in [0.5, 0.6) is 0 Å². The van der Waals surface area contributed by atoms with E-state index in [1.807, 2.05) is 20.8 Å². The molecular weight excluding hydrogens is 226 g/mol. The maximum Gasteiger partial charge on any atom is 0.407 e. The van der Waals surface area contributed by atoms with Crippen molar-refractivity contribution >= 4 is 6.09 Å². The number of ether oxygens (including phenoxy) is 3. The summed E-state index contributed by atoms with van der Waals surface area (Å²) in [5.74, 6) is 0. The molecular formula is C11H23NO5. The number of alkyl carbamates (subject to hydrolysis) is 1. The predicted octanol–water partition coefficient (Wildman–Crippen LogP) is 0.535. The van der Waals surface area contributed by atoms with Crippen LogP contribution in [-0.2, 0) is 14.2 Å². The highest BCUT2D eigenvalue weighted by Gasteiger charge is 2.14. The lowest BCUT2D eigenvalue weighted by molar-refractivity contribution is -0.0429. The lowest BCUT2D eigenvalue weighted by Crippen LogP contribution is -2.41. The van der Waals surface area contributed by atoms with E-state index in [0.29, 0.717) is 6.61 Å². The molecule has 1 atom stereocenters. The quantitative estimate of drug-likeness (QED) is 0.644. The standard InChI is InChI=1S/C11H23NO5/c1-11(2,3)12-10(14)17-6-5-16-9(7-13)8-15-4/h9,13H,5-8H2,1-4H3,(H,12,14). The van der Waals surface area contributed by atoms with E-state index in [4.69, 9.17) is 19.3 Å². The van der Waals surface area contributed by atoms with Gasteiger partial charge in [0.15, 0.2) is 0 Å². The van der Waals surface area contributed by atoms with Crippen LogP contribution in [-0.4, -0.2) is 56.4 Å². The SMILES string of the molecule is COCC(CO)OCCOC(=O)NC(C)(C)C. The number of carbonyl (C=O) groups excluding carboxylic acids is 1. The van der Waals surface area contributed by atoms with Gasteiger partial charge in [-0.15, -0.1) is 0 Å². The molecule has 1 unspecified atom stereocenters. The molecule has 6 nitrogen and oxygen atoms in total. The van der Waals surface area contributed by atoms with Crippen molar-refractivity contribution in [1.29, 1.82) is 0 Å². The molecule has 1 amide bonds. The Hall–Kier alpha value is -0.850. The summed E-state index contributed by atoms with van der Waals surface area (Å²) in [6.07, 6.45) is -0.859. The lowest BCUT2D eigenvalue weighted by Gasteiger charge is -2.20. The molecule has 0 bridgehead atoms. The molecule has 0 aliphatic heterocycles. The number of nitrogens with one attached hydrogen (secondary N) is 1. The van der Waals surface area contributed by atoms with Crippen molar-refractivity contribution in [2.75, 3.05) is 33.5 Å². The Kier molecular flexibility index (Phi) is 7.86. The molecule has 0 aromatic rings. The first-order chi connectivity index (χ1) is 7.89. The first-order valence-electron chi connectivity index (χ1n) is 5.55. The number of hydrogen-bond acceptors (Lipinski definition) is 5. The van der Waals surface area contributed by atoms with Crippen LogP contribution in [0, 0.1) is 0 Å². The van der Waals surface area contributed by atoms with E-state index in [1.165, 1.54) is 7.11 Å². The highest BCUT2D eigenvalue weighted by Crippen LogP contribution is 1.99. The highest BCUT2D eigenvalue weighted by atomic mass is 16.6. The topological polar surface area (TPSA) is 77.0 Å². The molecule has 0 fully saturated rings. The first-order valence-corrected chi connectivity index (χ1v) is 5.55. The van der Waals surface area contributed by atoms with Crippen LogP contribution >= 0.6 is 0 Å². The van der Waals surface area contributed by atoms with E-state index in [2.05, 4.69) is 5.32 Å². The minimum atomic E-state index is -0.478. The second kappa shape index (κ2) is 8.27. The maximum absolute atomic E-state index is 11.2. The first kappa shape index (κ1) is 16.1. The smallest absolute Gasteiger partial charge is 0.407 e. The fourth-order valence-corrected chi connectivity index (χ4v) is 1.03. The number of rotatable bonds is 7. The van der Waals surface area contributed by atoms with Crippen molar-refractivity contribution in [3.63, 3.8) is 0 Å². The van der Waals surface area contributed by atoms with Crippen molar-refractivity contribution in [2.24, 2.45) is 0 Å². The van der Waals surface area contributed by atoms with Gasteiger partial charge in [-0.2, -0.15) is 0 Å². The van der Waals surface area contributed by atoms with Gasteiger partial charge in [-0.25, -0.2) is 4.79 Å². The Balaban J connectivity index is 3.60. The summed E-state index contributed by atoms with van der Waals surface area (Å²) in [5, 5.41) is 11.5. The lowest BCUT2D eigenvalue weighted by atomic mass is 10.1. The number of aliphatic hydroxyl groups is 1. The third-order valence-corrected chi connectivity index (χ3v) is 1.70. The normalized spacial score (nSPS) is 13.2. The van der Waals surface area contributed by atoms with Gasteiger partial charge in [0.05, 0.1) is 19.8 Å². The molecule has 0 aromatic carbocycles. The second-order valence-corrected chi connectivity index (χ2v) is 4.64. The molecule has 0 heterocycles. The number of methoxy groups -OCH3 is 1. The molecule has 0 radical (unpaired) electrons. The number of carbonyl (C=O) groups is 1. The van der Waals surface area contributed by atoms with Gasteiger partial charge in [-0.3, -0.25) is 0 Å². The Bertz CT molecular complexity index is 214. The minimum Gasteiger partial charge on any atom is -0.447 e. The molecule has 2 N–H and O–H groups in total. The van der Waals surface area contributed by atoms with E-state index in [9.17, 15) is 4.79 Å². The number of hydrogen-bond donors (Lipinski definition) is 2. The van der Waals surface area contributed by atoms with Crippen molar-refractivity contribution in [3.8, 4) is 0 Å². The molecule has 0 saturated carbocycles. The van der Waals surface area contributed by atoms with Crippen molar-refractivity contribution in [3.05, 3.63) is 0 Å². The molecule has 0 aliphatic carbocycles. The third kappa shape index (κ3) is 10.0. The zero-order valence-corrected chi connectivity index (χ0v) is 11.0. The Morgan fingerprint density at radius 3 is 2.47 bits per heavy atom. The fraction of sp³-hybridized carbons (Fsp3) is 0.909. The van der Waals surface area contributed by atoms with Gasteiger partial charge in [-0.05, 0) is 20.8 Å². The molecule has 6 heteroatoms. The minimum absolute atomic E-state index is 0.123. The summed E-state index contributed by atoms with van der Waals surface area (Å²) in [7, 11) is 1.53. The van der Waals surface area contributed by atoms with Crippen LogP contribution in [0.25, 0.3) is 0 Å². The van der Waals surface area contributed by atoms with Gasteiger partial charge in [-0.1, -0.05) is 0 Å².